The predicted molar refractivity (Wildman–Crippen MR) is 122 cm³/mol. The monoisotopic (exact) mass is 425 g/mol. The standard InChI is InChI=1S/C26H23N3O3/c1-17-5-4-6-18(11-17)14-29-22-8-3-2-7-21(22)27-26(29)19-12-25(30)28(15-19)20-9-10-23-24(13-20)32-16-31-23/h2-11,13,19H,12,14-16H2,1H3. The van der Waals surface area contributed by atoms with Crippen molar-refractivity contribution in [2.24, 2.45) is 0 Å². The van der Waals surface area contributed by atoms with Crippen LogP contribution < -0.4 is 14.4 Å². The summed E-state index contributed by atoms with van der Waals surface area (Å²) in [5, 5.41) is 0. The van der Waals surface area contributed by atoms with Crippen molar-refractivity contribution in [3.8, 4) is 11.5 Å². The van der Waals surface area contributed by atoms with Crippen LogP contribution in [0, 0.1) is 6.92 Å². The summed E-state index contributed by atoms with van der Waals surface area (Å²) >= 11 is 0. The van der Waals surface area contributed by atoms with Crippen LogP contribution in [0.2, 0.25) is 0 Å². The molecule has 0 aliphatic carbocycles. The Hall–Kier alpha value is -3.80. The van der Waals surface area contributed by atoms with Crippen molar-refractivity contribution in [2.45, 2.75) is 25.8 Å². The number of nitrogens with zero attached hydrogens (tertiary/aromatic N) is 3. The van der Waals surface area contributed by atoms with Crippen LogP contribution >= 0.6 is 0 Å². The highest BCUT2D eigenvalue weighted by Crippen LogP contribution is 2.39. The number of para-hydroxylation sites is 2. The first-order chi connectivity index (χ1) is 15.7. The minimum absolute atomic E-state index is 0.0186. The molecular weight excluding hydrogens is 402 g/mol. The number of amides is 1. The minimum Gasteiger partial charge on any atom is -0.454 e. The van der Waals surface area contributed by atoms with Gasteiger partial charge < -0.3 is 18.9 Å². The van der Waals surface area contributed by atoms with Crippen LogP contribution in [0.25, 0.3) is 11.0 Å². The van der Waals surface area contributed by atoms with Crippen LogP contribution in [0.15, 0.2) is 66.7 Å². The molecule has 1 unspecified atom stereocenters. The number of hydrogen-bond donors (Lipinski definition) is 0. The van der Waals surface area contributed by atoms with Gasteiger partial charge in [-0.05, 0) is 36.8 Å². The number of hydrogen-bond acceptors (Lipinski definition) is 4. The number of carbonyl (C=O) groups excluding carboxylic acids is 1. The zero-order chi connectivity index (χ0) is 21.7. The van der Waals surface area contributed by atoms with Crippen molar-refractivity contribution in [3.05, 3.63) is 83.7 Å². The Kier molecular flexibility index (Phi) is 4.38. The van der Waals surface area contributed by atoms with Crippen molar-refractivity contribution in [2.75, 3.05) is 18.2 Å². The van der Waals surface area contributed by atoms with E-state index in [4.69, 9.17) is 14.5 Å². The summed E-state index contributed by atoms with van der Waals surface area (Å²) in [7, 11) is 0. The van der Waals surface area contributed by atoms with E-state index >= 15 is 0 Å². The van der Waals surface area contributed by atoms with E-state index in [1.54, 1.807) is 0 Å². The van der Waals surface area contributed by atoms with Gasteiger partial charge in [0.05, 0.1) is 11.0 Å². The molecule has 0 spiro atoms. The van der Waals surface area contributed by atoms with Gasteiger partial charge in [-0.15, -0.1) is 0 Å². The quantitative estimate of drug-likeness (QED) is 0.478. The van der Waals surface area contributed by atoms with Crippen LogP contribution in [0.3, 0.4) is 0 Å². The number of aromatic nitrogens is 2. The number of imidazole rings is 1. The third-order valence-corrected chi connectivity index (χ3v) is 6.27. The Morgan fingerprint density at radius 2 is 1.88 bits per heavy atom. The van der Waals surface area contributed by atoms with Gasteiger partial charge in [-0.2, -0.15) is 0 Å². The molecule has 2 aliphatic rings. The van der Waals surface area contributed by atoms with Crippen LogP contribution in [0.5, 0.6) is 11.5 Å². The highest BCUT2D eigenvalue weighted by atomic mass is 16.7. The zero-order valence-corrected chi connectivity index (χ0v) is 17.8. The Morgan fingerprint density at radius 3 is 2.78 bits per heavy atom. The molecule has 160 valence electrons. The highest BCUT2D eigenvalue weighted by Gasteiger charge is 2.35. The smallest absolute Gasteiger partial charge is 0.231 e. The second-order valence-electron chi connectivity index (χ2n) is 8.48. The summed E-state index contributed by atoms with van der Waals surface area (Å²) in [6.45, 7) is 3.65. The maximum absolute atomic E-state index is 13.0. The molecule has 0 bridgehead atoms. The first-order valence-electron chi connectivity index (χ1n) is 10.9. The van der Waals surface area contributed by atoms with E-state index in [1.807, 2.05) is 41.3 Å². The number of rotatable bonds is 4. The molecule has 6 nitrogen and oxygen atoms in total. The van der Waals surface area contributed by atoms with E-state index in [0.29, 0.717) is 18.7 Å². The zero-order valence-electron chi connectivity index (χ0n) is 17.8. The molecule has 32 heavy (non-hydrogen) atoms. The van der Waals surface area contributed by atoms with Crippen LogP contribution in [-0.2, 0) is 11.3 Å². The number of ether oxygens (including phenoxy) is 2. The lowest BCUT2D eigenvalue weighted by Crippen LogP contribution is -2.24. The molecular formula is C26H23N3O3. The van der Waals surface area contributed by atoms with E-state index < -0.39 is 0 Å². The number of fused-ring (bicyclic) bond motifs is 2. The van der Waals surface area contributed by atoms with Crippen LogP contribution in [0.1, 0.15) is 29.3 Å². The Labute approximate surface area is 186 Å². The van der Waals surface area contributed by atoms with Gasteiger partial charge in [0, 0.05) is 37.2 Å². The fourth-order valence-electron chi connectivity index (χ4n) is 4.75. The summed E-state index contributed by atoms with van der Waals surface area (Å²) in [5.41, 5.74) is 5.36. The largest absolute Gasteiger partial charge is 0.454 e. The summed E-state index contributed by atoms with van der Waals surface area (Å²) in [5.74, 6) is 2.49. The number of anilines is 1. The number of benzene rings is 3. The SMILES string of the molecule is Cc1cccc(Cn2c(C3CC(=O)N(c4ccc5c(c4)OCO5)C3)nc3ccccc32)c1. The predicted octanol–water partition coefficient (Wildman–Crippen LogP) is 4.64. The van der Waals surface area contributed by atoms with E-state index in [0.717, 1.165) is 34.8 Å². The maximum Gasteiger partial charge on any atom is 0.231 e. The molecule has 0 N–H and O–H groups in total. The molecule has 3 heterocycles. The summed E-state index contributed by atoms with van der Waals surface area (Å²) in [6.07, 6.45) is 0.436. The van der Waals surface area contributed by atoms with Crippen molar-refractivity contribution in [3.63, 3.8) is 0 Å². The molecule has 1 atom stereocenters. The topological polar surface area (TPSA) is 56.6 Å². The molecule has 0 saturated carbocycles. The van der Waals surface area contributed by atoms with Gasteiger partial charge in [0.2, 0.25) is 12.7 Å². The van der Waals surface area contributed by atoms with Gasteiger partial charge in [0.1, 0.15) is 5.82 Å². The average molecular weight is 425 g/mol. The molecule has 1 aromatic heterocycles. The molecule has 0 radical (unpaired) electrons. The first kappa shape index (κ1) is 18.9. The number of carbonyl (C=O) groups is 1. The Bertz CT molecular complexity index is 1340. The Balaban J connectivity index is 1.36. The van der Waals surface area contributed by atoms with Crippen LogP contribution in [0.4, 0.5) is 5.69 Å². The van der Waals surface area contributed by atoms with E-state index in [-0.39, 0.29) is 18.6 Å². The molecule has 1 fully saturated rings. The van der Waals surface area contributed by atoms with Crippen molar-refractivity contribution < 1.29 is 14.3 Å². The van der Waals surface area contributed by atoms with E-state index in [1.165, 1.54) is 11.1 Å². The molecule has 4 aromatic rings. The van der Waals surface area contributed by atoms with E-state index in [9.17, 15) is 4.79 Å². The van der Waals surface area contributed by atoms with Crippen molar-refractivity contribution in [1.82, 2.24) is 9.55 Å². The lowest BCUT2D eigenvalue weighted by Gasteiger charge is -2.18. The highest BCUT2D eigenvalue weighted by molar-refractivity contribution is 5.97. The number of aryl methyl sites for hydroxylation is 1. The second-order valence-corrected chi connectivity index (χ2v) is 8.48. The lowest BCUT2D eigenvalue weighted by atomic mass is 10.1. The fraction of sp³-hybridized carbons (Fsp3) is 0.231. The van der Waals surface area contributed by atoms with Crippen LogP contribution in [-0.4, -0.2) is 28.8 Å². The normalized spacial score (nSPS) is 17.5. The summed E-state index contributed by atoms with van der Waals surface area (Å²) in [6, 6.07) is 22.4. The summed E-state index contributed by atoms with van der Waals surface area (Å²) < 4.78 is 13.2. The summed E-state index contributed by atoms with van der Waals surface area (Å²) in [4.78, 5) is 19.8. The maximum atomic E-state index is 13.0. The van der Waals surface area contributed by atoms with Gasteiger partial charge in [-0.1, -0.05) is 42.0 Å². The lowest BCUT2D eigenvalue weighted by molar-refractivity contribution is -0.117. The third-order valence-electron chi connectivity index (χ3n) is 6.27. The Morgan fingerprint density at radius 1 is 1.00 bits per heavy atom. The molecule has 1 amide bonds. The molecule has 6 heteroatoms. The van der Waals surface area contributed by atoms with Gasteiger partial charge >= 0.3 is 0 Å². The van der Waals surface area contributed by atoms with Crippen molar-refractivity contribution >= 4 is 22.6 Å². The molecule has 6 rings (SSSR count). The van der Waals surface area contributed by atoms with E-state index in [2.05, 4.69) is 41.8 Å². The fourth-order valence-corrected chi connectivity index (χ4v) is 4.75. The molecule has 2 aliphatic heterocycles. The molecule has 3 aromatic carbocycles. The van der Waals surface area contributed by atoms with Gasteiger partial charge in [-0.3, -0.25) is 4.79 Å². The first-order valence-corrected chi connectivity index (χ1v) is 10.9. The average Bonchev–Trinajstić information content (AvgIpc) is 3.50. The third kappa shape index (κ3) is 3.19. The van der Waals surface area contributed by atoms with Gasteiger partial charge in [0.15, 0.2) is 11.5 Å². The van der Waals surface area contributed by atoms with Gasteiger partial charge in [0.25, 0.3) is 0 Å². The second kappa shape index (κ2) is 7.41. The van der Waals surface area contributed by atoms with Crippen molar-refractivity contribution in [1.29, 1.82) is 0 Å². The van der Waals surface area contributed by atoms with Gasteiger partial charge in [-0.25, -0.2) is 4.98 Å². The minimum atomic E-state index is 0.0186. The molecule has 1 saturated heterocycles.